The van der Waals surface area contributed by atoms with Gasteiger partial charge in [0.05, 0.1) is 19.4 Å². The Labute approximate surface area is 183 Å². The number of rotatable bonds is 5. The van der Waals surface area contributed by atoms with Crippen LogP contribution in [0.3, 0.4) is 0 Å². The fourth-order valence-corrected chi connectivity index (χ4v) is 4.54. The van der Waals surface area contributed by atoms with E-state index >= 15 is 0 Å². The van der Waals surface area contributed by atoms with Crippen molar-refractivity contribution in [3.8, 4) is 5.75 Å². The molecule has 1 N–H and O–H groups in total. The summed E-state index contributed by atoms with van der Waals surface area (Å²) in [5.74, 6) is 0.363. The summed E-state index contributed by atoms with van der Waals surface area (Å²) in [6, 6.07) is 7.27. The molecule has 1 heterocycles. The molecule has 1 saturated heterocycles. The minimum Gasteiger partial charge on any atom is -0.497 e. The van der Waals surface area contributed by atoms with Crippen LogP contribution in [-0.2, 0) is 25.5 Å². The molecular formula is C23H33N3O5. The van der Waals surface area contributed by atoms with E-state index in [0.717, 1.165) is 37.0 Å². The molecule has 3 amide bonds. The fourth-order valence-electron chi connectivity index (χ4n) is 4.54. The van der Waals surface area contributed by atoms with Gasteiger partial charge in [0.1, 0.15) is 12.4 Å². The smallest absolute Gasteiger partial charge is 0.248 e. The van der Waals surface area contributed by atoms with Gasteiger partial charge in [-0.15, -0.1) is 0 Å². The summed E-state index contributed by atoms with van der Waals surface area (Å²) in [6.07, 6.45) is 3.83. The van der Waals surface area contributed by atoms with Gasteiger partial charge in [0.2, 0.25) is 17.7 Å². The summed E-state index contributed by atoms with van der Waals surface area (Å²) in [7, 11) is 3.10. The molecule has 8 nitrogen and oxygen atoms in total. The zero-order valence-corrected chi connectivity index (χ0v) is 18.5. The summed E-state index contributed by atoms with van der Waals surface area (Å²) in [4.78, 5) is 42.1. The lowest BCUT2D eigenvalue weighted by Crippen LogP contribution is -2.56. The monoisotopic (exact) mass is 431 g/mol. The number of carbonyl (C=O) groups excluding carboxylic acids is 3. The summed E-state index contributed by atoms with van der Waals surface area (Å²) in [6.45, 7) is 1.66. The number of benzene rings is 1. The highest BCUT2D eigenvalue weighted by Gasteiger charge is 2.37. The highest BCUT2D eigenvalue weighted by Crippen LogP contribution is 2.29. The Kier molecular flexibility index (Phi) is 8.28. The van der Waals surface area contributed by atoms with Crippen LogP contribution < -0.4 is 10.1 Å². The molecular weight excluding hydrogens is 398 g/mol. The second kappa shape index (κ2) is 11.1. The first-order valence-corrected chi connectivity index (χ1v) is 11.0. The quantitative estimate of drug-likeness (QED) is 0.758. The van der Waals surface area contributed by atoms with Crippen LogP contribution in [0.2, 0.25) is 0 Å². The molecule has 0 aromatic heterocycles. The number of ether oxygens (including phenoxy) is 2. The van der Waals surface area contributed by atoms with Gasteiger partial charge in [0, 0.05) is 39.3 Å². The summed E-state index contributed by atoms with van der Waals surface area (Å²) in [5, 5.41) is 2.99. The van der Waals surface area contributed by atoms with Crippen molar-refractivity contribution in [3.05, 3.63) is 29.8 Å². The van der Waals surface area contributed by atoms with E-state index in [9.17, 15) is 14.4 Å². The standard InChI is InChI=1S/C23H33N3O5/c1-30-16-22(28)26-14-13-25(21(27)15-17-7-9-18(31-2)10-8-17)12-11-24-23(29)19-5-3-4-6-20(19)26/h7-10,19-20H,3-6,11-16H2,1-2H3,(H,24,29)/t19-,20+/m0/s1. The molecule has 2 aliphatic rings. The minimum atomic E-state index is -0.198. The Morgan fingerprint density at radius 1 is 1.03 bits per heavy atom. The van der Waals surface area contributed by atoms with Gasteiger partial charge in [-0.1, -0.05) is 25.0 Å². The van der Waals surface area contributed by atoms with Crippen molar-refractivity contribution in [1.29, 1.82) is 0 Å². The Morgan fingerprint density at radius 2 is 1.77 bits per heavy atom. The molecule has 2 atom stereocenters. The number of methoxy groups -OCH3 is 2. The van der Waals surface area contributed by atoms with Crippen molar-refractivity contribution in [2.24, 2.45) is 5.92 Å². The van der Waals surface area contributed by atoms with Gasteiger partial charge >= 0.3 is 0 Å². The van der Waals surface area contributed by atoms with Crippen LogP contribution in [0, 0.1) is 5.92 Å². The van der Waals surface area contributed by atoms with Crippen molar-refractivity contribution in [3.63, 3.8) is 0 Å². The van der Waals surface area contributed by atoms with Gasteiger partial charge in [-0.25, -0.2) is 0 Å². The van der Waals surface area contributed by atoms with Crippen LogP contribution in [0.25, 0.3) is 0 Å². The van der Waals surface area contributed by atoms with E-state index in [1.54, 1.807) is 16.9 Å². The molecule has 8 heteroatoms. The average molecular weight is 432 g/mol. The maximum Gasteiger partial charge on any atom is 0.248 e. The van der Waals surface area contributed by atoms with Crippen LogP contribution in [0.5, 0.6) is 5.75 Å². The van der Waals surface area contributed by atoms with E-state index in [-0.39, 0.29) is 42.7 Å². The molecule has 1 aromatic rings. The van der Waals surface area contributed by atoms with Gasteiger partial charge in [-0.3, -0.25) is 14.4 Å². The third-order valence-corrected chi connectivity index (χ3v) is 6.21. The summed E-state index contributed by atoms with van der Waals surface area (Å²) >= 11 is 0. The molecule has 170 valence electrons. The third kappa shape index (κ3) is 5.97. The topological polar surface area (TPSA) is 88.2 Å². The fraction of sp³-hybridized carbons (Fsp3) is 0.609. The minimum absolute atomic E-state index is 0.0232. The van der Waals surface area contributed by atoms with Gasteiger partial charge in [-0.2, -0.15) is 0 Å². The Morgan fingerprint density at radius 3 is 2.48 bits per heavy atom. The lowest BCUT2D eigenvalue weighted by molar-refractivity contribution is -0.144. The van der Waals surface area contributed by atoms with E-state index in [1.165, 1.54) is 7.11 Å². The number of hydrogen-bond acceptors (Lipinski definition) is 5. The third-order valence-electron chi connectivity index (χ3n) is 6.21. The van der Waals surface area contributed by atoms with E-state index in [0.29, 0.717) is 26.2 Å². The first-order valence-electron chi connectivity index (χ1n) is 11.0. The van der Waals surface area contributed by atoms with Crippen LogP contribution in [0.1, 0.15) is 31.2 Å². The van der Waals surface area contributed by atoms with Crippen molar-refractivity contribution in [1.82, 2.24) is 15.1 Å². The maximum absolute atomic E-state index is 13.0. The highest BCUT2D eigenvalue weighted by atomic mass is 16.5. The lowest BCUT2D eigenvalue weighted by atomic mass is 9.82. The Balaban J connectivity index is 1.74. The number of amides is 3. The normalized spacial score (nSPS) is 22.3. The number of hydrogen-bond donors (Lipinski definition) is 1. The second-order valence-electron chi connectivity index (χ2n) is 8.18. The Hall–Kier alpha value is -2.61. The van der Waals surface area contributed by atoms with Crippen LogP contribution in [0.4, 0.5) is 0 Å². The first-order chi connectivity index (χ1) is 15.0. The van der Waals surface area contributed by atoms with Gasteiger partial charge in [0.25, 0.3) is 0 Å². The number of nitrogens with zero attached hydrogens (tertiary/aromatic N) is 2. The molecule has 31 heavy (non-hydrogen) atoms. The molecule has 2 fully saturated rings. The van der Waals surface area contributed by atoms with E-state index in [1.807, 2.05) is 24.3 Å². The largest absolute Gasteiger partial charge is 0.497 e. The number of carbonyl (C=O) groups is 3. The van der Waals surface area contributed by atoms with Crippen LogP contribution >= 0.6 is 0 Å². The zero-order valence-electron chi connectivity index (χ0n) is 18.5. The van der Waals surface area contributed by atoms with E-state index < -0.39 is 0 Å². The molecule has 1 aromatic carbocycles. The van der Waals surface area contributed by atoms with E-state index in [4.69, 9.17) is 9.47 Å². The predicted octanol–water partition coefficient (Wildman–Crippen LogP) is 1.23. The summed E-state index contributed by atoms with van der Waals surface area (Å²) < 4.78 is 10.3. The molecule has 3 rings (SSSR count). The van der Waals surface area contributed by atoms with Gasteiger partial charge < -0.3 is 24.6 Å². The van der Waals surface area contributed by atoms with E-state index in [2.05, 4.69) is 5.32 Å². The van der Waals surface area contributed by atoms with Crippen LogP contribution in [-0.4, -0.2) is 80.6 Å². The van der Waals surface area contributed by atoms with Crippen LogP contribution in [0.15, 0.2) is 24.3 Å². The van der Waals surface area contributed by atoms with Crippen molar-refractivity contribution < 1.29 is 23.9 Å². The molecule has 0 unspecified atom stereocenters. The maximum atomic E-state index is 13.0. The molecule has 1 saturated carbocycles. The number of fused-ring (bicyclic) bond motifs is 1. The van der Waals surface area contributed by atoms with Crippen molar-refractivity contribution in [2.75, 3.05) is 47.0 Å². The zero-order chi connectivity index (χ0) is 22.2. The predicted molar refractivity (Wildman–Crippen MR) is 116 cm³/mol. The SMILES string of the molecule is COCC(=O)N1CCN(C(=O)Cc2ccc(OC)cc2)CCNC(=O)[C@H]2CCCC[C@H]21. The van der Waals surface area contributed by atoms with Gasteiger partial charge in [0.15, 0.2) is 0 Å². The van der Waals surface area contributed by atoms with Crippen molar-refractivity contribution in [2.45, 2.75) is 38.1 Å². The lowest BCUT2D eigenvalue weighted by Gasteiger charge is -2.41. The first kappa shape index (κ1) is 23.1. The Bertz CT molecular complexity index is 767. The average Bonchev–Trinajstić information content (AvgIpc) is 2.78. The highest BCUT2D eigenvalue weighted by molar-refractivity contribution is 5.83. The molecule has 1 aliphatic carbocycles. The number of nitrogens with one attached hydrogen (secondary N) is 1. The molecule has 0 spiro atoms. The van der Waals surface area contributed by atoms with Gasteiger partial charge in [-0.05, 0) is 30.5 Å². The molecule has 0 bridgehead atoms. The summed E-state index contributed by atoms with van der Waals surface area (Å²) in [5.41, 5.74) is 0.895. The van der Waals surface area contributed by atoms with Crippen molar-refractivity contribution >= 4 is 17.7 Å². The molecule has 0 radical (unpaired) electrons. The molecule has 1 aliphatic heterocycles. The second-order valence-corrected chi connectivity index (χ2v) is 8.18.